The molecule has 3 heteroatoms. The second-order valence-electron chi connectivity index (χ2n) is 6.80. The van der Waals surface area contributed by atoms with E-state index in [-0.39, 0.29) is 6.04 Å². The van der Waals surface area contributed by atoms with Gasteiger partial charge in [-0.05, 0) is 57.8 Å². The van der Waals surface area contributed by atoms with Gasteiger partial charge < -0.3 is 10.6 Å². The average molecular weight is 287 g/mol. The van der Waals surface area contributed by atoms with Crippen LogP contribution in [0.4, 0.5) is 0 Å². The molecule has 0 amide bonds. The minimum Gasteiger partial charge on any atom is -0.324 e. The third-order valence-electron chi connectivity index (χ3n) is 5.11. The van der Waals surface area contributed by atoms with Gasteiger partial charge in [-0.2, -0.15) is 0 Å². The van der Waals surface area contributed by atoms with Gasteiger partial charge in [0.1, 0.15) is 0 Å². The van der Waals surface area contributed by atoms with Crippen molar-refractivity contribution in [2.45, 2.75) is 44.7 Å². The third kappa shape index (κ3) is 3.85. The van der Waals surface area contributed by atoms with Gasteiger partial charge in [-0.1, -0.05) is 29.8 Å². The van der Waals surface area contributed by atoms with E-state index in [1.54, 1.807) is 0 Å². The van der Waals surface area contributed by atoms with Crippen molar-refractivity contribution in [2.24, 2.45) is 5.73 Å². The first-order valence-electron chi connectivity index (χ1n) is 8.51. The number of rotatable bonds is 4. The topological polar surface area (TPSA) is 32.5 Å². The Morgan fingerprint density at radius 3 is 2.95 bits per heavy atom. The lowest BCUT2D eigenvalue weighted by Gasteiger charge is -2.26. The van der Waals surface area contributed by atoms with E-state index >= 15 is 0 Å². The van der Waals surface area contributed by atoms with Gasteiger partial charge in [0.15, 0.2) is 0 Å². The zero-order valence-electron chi connectivity index (χ0n) is 13.3. The fourth-order valence-corrected chi connectivity index (χ4v) is 3.88. The highest BCUT2D eigenvalue weighted by Gasteiger charge is 2.28. The molecular weight excluding hydrogens is 258 g/mol. The van der Waals surface area contributed by atoms with E-state index in [4.69, 9.17) is 5.73 Å². The van der Waals surface area contributed by atoms with Crippen LogP contribution in [0.5, 0.6) is 0 Å². The summed E-state index contributed by atoms with van der Waals surface area (Å²) in [7, 11) is 0. The van der Waals surface area contributed by atoms with Gasteiger partial charge >= 0.3 is 0 Å². The van der Waals surface area contributed by atoms with Crippen LogP contribution in [0, 0.1) is 6.92 Å². The van der Waals surface area contributed by atoms with Gasteiger partial charge in [-0.15, -0.1) is 0 Å². The first kappa shape index (κ1) is 15.0. The summed E-state index contributed by atoms with van der Waals surface area (Å²) in [4.78, 5) is 5.34. The Kier molecular flexibility index (Phi) is 4.94. The van der Waals surface area contributed by atoms with Crippen molar-refractivity contribution in [2.75, 3.05) is 32.7 Å². The third-order valence-corrected chi connectivity index (χ3v) is 5.11. The average Bonchev–Trinajstić information content (AvgIpc) is 2.83. The molecule has 0 aliphatic carbocycles. The molecule has 0 bridgehead atoms. The van der Waals surface area contributed by atoms with Crippen LogP contribution in [0.2, 0.25) is 0 Å². The van der Waals surface area contributed by atoms with Crippen LogP contribution in [0.25, 0.3) is 0 Å². The summed E-state index contributed by atoms with van der Waals surface area (Å²) in [6.45, 7) is 8.39. The van der Waals surface area contributed by atoms with Gasteiger partial charge in [-0.3, -0.25) is 4.90 Å². The summed E-state index contributed by atoms with van der Waals surface area (Å²) in [5.74, 6) is 0. The Bertz CT molecular complexity index is 460. The number of nitrogens with two attached hydrogens (primary N) is 1. The lowest BCUT2D eigenvalue weighted by molar-refractivity contribution is 0.216. The molecule has 0 spiro atoms. The van der Waals surface area contributed by atoms with E-state index in [9.17, 15) is 0 Å². The molecule has 0 saturated carbocycles. The molecule has 2 heterocycles. The summed E-state index contributed by atoms with van der Waals surface area (Å²) >= 11 is 0. The molecular formula is C18H29N3. The van der Waals surface area contributed by atoms with Crippen LogP contribution >= 0.6 is 0 Å². The van der Waals surface area contributed by atoms with Crippen LogP contribution in [0.1, 0.15) is 42.9 Å². The van der Waals surface area contributed by atoms with E-state index in [0.717, 1.165) is 19.0 Å². The Balaban J connectivity index is 1.52. The molecule has 116 valence electrons. The standard InChI is InChI=1S/C18H29N3/c1-15-5-2-6-16(13-15)18(19)8-12-20-9-4-11-21-10-3-7-17(21)14-20/h2,5-6,13,17-18H,3-4,7-12,14,19H2,1H3. The predicted octanol–water partition coefficient (Wildman–Crippen LogP) is 2.56. The van der Waals surface area contributed by atoms with Crippen molar-refractivity contribution in [3.05, 3.63) is 35.4 Å². The quantitative estimate of drug-likeness (QED) is 0.924. The van der Waals surface area contributed by atoms with Gasteiger partial charge in [0, 0.05) is 25.2 Å². The number of benzene rings is 1. The summed E-state index contributed by atoms with van der Waals surface area (Å²) in [5.41, 5.74) is 8.98. The summed E-state index contributed by atoms with van der Waals surface area (Å²) < 4.78 is 0. The maximum atomic E-state index is 6.39. The molecule has 1 aromatic rings. The second-order valence-corrected chi connectivity index (χ2v) is 6.80. The normalized spacial score (nSPS) is 25.5. The smallest absolute Gasteiger partial charge is 0.0307 e. The number of nitrogens with zero attached hydrogens (tertiary/aromatic N) is 2. The lowest BCUT2D eigenvalue weighted by atomic mass is 10.0. The van der Waals surface area contributed by atoms with Crippen molar-refractivity contribution >= 4 is 0 Å². The van der Waals surface area contributed by atoms with Gasteiger partial charge in [0.2, 0.25) is 0 Å². The van der Waals surface area contributed by atoms with E-state index in [1.807, 2.05) is 0 Å². The lowest BCUT2D eigenvalue weighted by Crippen LogP contribution is -2.37. The van der Waals surface area contributed by atoms with Gasteiger partial charge in [0.25, 0.3) is 0 Å². The Morgan fingerprint density at radius 2 is 2.10 bits per heavy atom. The molecule has 0 aromatic heterocycles. The first-order chi connectivity index (χ1) is 10.2. The van der Waals surface area contributed by atoms with E-state index in [1.165, 1.54) is 56.6 Å². The molecule has 2 saturated heterocycles. The molecule has 3 rings (SSSR count). The van der Waals surface area contributed by atoms with E-state index in [2.05, 4.69) is 41.0 Å². The molecule has 21 heavy (non-hydrogen) atoms. The molecule has 2 aliphatic rings. The molecule has 2 unspecified atom stereocenters. The van der Waals surface area contributed by atoms with Crippen LogP contribution < -0.4 is 5.73 Å². The summed E-state index contributed by atoms with van der Waals surface area (Å²) in [6.07, 6.45) is 5.16. The zero-order valence-corrected chi connectivity index (χ0v) is 13.3. The predicted molar refractivity (Wildman–Crippen MR) is 88.4 cm³/mol. The minimum absolute atomic E-state index is 0.174. The van der Waals surface area contributed by atoms with Crippen LogP contribution in [-0.2, 0) is 0 Å². The van der Waals surface area contributed by atoms with E-state index in [0.29, 0.717) is 0 Å². The van der Waals surface area contributed by atoms with Crippen molar-refractivity contribution in [3.63, 3.8) is 0 Å². The zero-order chi connectivity index (χ0) is 14.7. The Morgan fingerprint density at radius 1 is 1.24 bits per heavy atom. The first-order valence-corrected chi connectivity index (χ1v) is 8.51. The van der Waals surface area contributed by atoms with Crippen LogP contribution in [0.15, 0.2) is 24.3 Å². The highest BCUT2D eigenvalue weighted by atomic mass is 15.3. The van der Waals surface area contributed by atoms with Gasteiger partial charge in [-0.25, -0.2) is 0 Å². The Labute approximate surface area is 129 Å². The highest BCUT2D eigenvalue weighted by Crippen LogP contribution is 2.22. The fourth-order valence-electron chi connectivity index (χ4n) is 3.88. The molecule has 2 aliphatic heterocycles. The maximum Gasteiger partial charge on any atom is 0.0307 e. The van der Waals surface area contributed by atoms with E-state index < -0.39 is 0 Å². The fraction of sp³-hybridized carbons (Fsp3) is 0.667. The molecule has 1 aromatic carbocycles. The Hall–Kier alpha value is -0.900. The molecule has 2 fully saturated rings. The molecule has 2 atom stereocenters. The number of fused-ring (bicyclic) bond motifs is 1. The number of aryl methyl sites for hydroxylation is 1. The molecule has 2 N–H and O–H groups in total. The highest BCUT2D eigenvalue weighted by molar-refractivity contribution is 5.24. The monoisotopic (exact) mass is 287 g/mol. The number of hydrogen-bond donors (Lipinski definition) is 1. The second kappa shape index (κ2) is 6.91. The SMILES string of the molecule is Cc1cccc(C(N)CCN2CCCN3CCCC3C2)c1. The molecule has 0 radical (unpaired) electrons. The summed E-state index contributed by atoms with van der Waals surface area (Å²) in [6, 6.07) is 9.63. The number of hydrogen-bond acceptors (Lipinski definition) is 3. The van der Waals surface area contributed by atoms with Crippen molar-refractivity contribution in [1.29, 1.82) is 0 Å². The minimum atomic E-state index is 0.174. The molecule has 3 nitrogen and oxygen atoms in total. The van der Waals surface area contributed by atoms with Crippen molar-refractivity contribution in [1.82, 2.24) is 9.80 Å². The van der Waals surface area contributed by atoms with Crippen LogP contribution in [-0.4, -0.2) is 48.6 Å². The van der Waals surface area contributed by atoms with Crippen molar-refractivity contribution < 1.29 is 0 Å². The largest absolute Gasteiger partial charge is 0.324 e. The van der Waals surface area contributed by atoms with Crippen molar-refractivity contribution in [3.8, 4) is 0 Å². The van der Waals surface area contributed by atoms with Gasteiger partial charge in [0.05, 0.1) is 0 Å². The van der Waals surface area contributed by atoms with Crippen LogP contribution in [0.3, 0.4) is 0 Å². The summed E-state index contributed by atoms with van der Waals surface area (Å²) in [5, 5.41) is 0. The maximum absolute atomic E-state index is 6.39.